The van der Waals surface area contributed by atoms with Crippen molar-refractivity contribution < 1.29 is 8.78 Å². The highest BCUT2D eigenvalue weighted by atomic mass is 19.1. The van der Waals surface area contributed by atoms with E-state index < -0.39 is 17.7 Å². The summed E-state index contributed by atoms with van der Waals surface area (Å²) in [7, 11) is 3.62. The zero-order chi connectivity index (χ0) is 17.5. The quantitative estimate of drug-likeness (QED) is 0.619. The van der Waals surface area contributed by atoms with Crippen molar-refractivity contribution in [2.75, 3.05) is 27.2 Å². The number of rotatable bonds is 6. The Balaban J connectivity index is 2.15. The molecule has 1 atom stereocenters. The second kappa shape index (κ2) is 8.97. The highest BCUT2D eigenvalue weighted by molar-refractivity contribution is 5.80. The topological polar surface area (TPSA) is 39.7 Å². The zero-order valence-electron chi connectivity index (χ0n) is 14.8. The SMILES string of the molecule is CCNC(=NCC(c1c(F)cccc1F)N(C)C)NC1CCCC1. The lowest BCUT2D eigenvalue weighted by Gasteiger charge is -2.25. The lowest BCUT2D eigenvalue weighted by atomic mass is 10.0. The average molecular weight is 338 g/mol. The molecule has 0 amide bonds. The van der Waals surface area contributed by atoms with Gasteiger partial charge in [0.05, 0.1) is 12.6 Å². The Labute approximate surface area is 143 Å². The number of likely N-dealkylation sites (N-methyl/N-ethyl adjacent to an activating group) is 1. The number of nitrogens with zero attached hydrogens (tertiary/aromatic N) is 2. The maximum atomic E-state index is 14.1. The molecule has 1 aliphatic rings. The molecule has 0 bridgehead atoms. The van der Waals surface area contributed by atoms with Crippen molar-refractivity contribution in [2.45, 2.75) is 44.7 Å². The van der Waals surface area contributed by atoms with Gasteiger partial charge in [0.25, 0.3) is 0 Å². The summed E-state index contributed by atoms with van der Waals surface area (Å²) in [4.78, 5) is 6.37. The molecule has 1 aliphatic carbocycles. The van der Waals surface area contributed by atoms with Gasteiger partial charge in [0, 0.05) is 18.2 Å². The number of guanidine groups is 1. The summed E-state index contributed by atoms with van der Waals surface area (Å²) in [6.07, 6.45) is 4.75. The smallest absolute Gasteiger partial charge is 0.191 e. The minimum Gasteiger partial charge on any atom is -0.357 e. The van der Waals surface area contributed by atoms with E-state index in [4.69, 9.17) is 0 Å². The van der Waals surface area contributed by atoms with Crippen LogP contribution in [0.4, 0.5) is 8.78 Å². The van der Waals surface area contributed by atoms with Crippen LogP contribution in [0.15, 0.2) is 23.2 Å². The summed E-state index contributed by atoms with van der Waals surface area (Å²) < 4.78 is 28.2. The standard InChI is InChI=1S/C18H28F2N4/c1-4-21-18(23-13-8-5-6-9-13)22-12-16(24(2)3)17-14(19)10-7-11-15(17)20/h7,10-11,13,16H,4-6,8-9,12H2,1-3H3,(H2,21,22,23). The molecule has 6 heteroatoms. The monoisotopic (exact) mass is 338 g/mol. The molecule has 0 spiro atoms. The van der Waals surface area contributed by atoms with E-state index in [0.29, 0.717) is 12.0 Å². The van der Waals surface area contributed by atoms with E-state index in [1.165, 1.54) is 31.0 Å². The molecule has 0 heterocycles. The van der Waals surface area contributed by atoms with Gasteiger partial charge in [0.1, 0.15) is 11.6 Å². The number of aliphatic imine (C=N–C) groups is 1. The van der Waals surface area contributed by atoms with E-state index in [2.05, 4.69) is 15.6 Å². The number of hydrogen-bond donors (Lipinski definition) is 2. The minimum absolute atomic E-state index is 0.0722. The Hall–Kier alpha value is -1.69. The molecule has 1 aromatic rings. The third kappa shape index (κ3) is 4.90. The first-order valence-corrected chi connectivity index (χ1v) is 8.68. The molecule has 1 unspecified atom stereocenters. The van der Waals surface area contributed by atoms with E-state index in [0.717, 1.165) is 19.4 Å². The van der Waals surface area contributed by atoms with Gasteiger partial charge in [-0.25, -0.2) is 8.78 Å². The van der Waals surface area contributed by atoms with Crippen LogP contribution in [0.25, 0.3) is 0 Å². The van der Waals surface area contributed by atoms with Gasteiger partial charge in [-0.3, -0.25) is 4.99 Å². The van der Waals surface area contributed by atoms with Crippen LogP contribution >= 0.6 is 0 Å². The molecule has 0 aromatic heterocycles. The van der Waals surface area contributed by atoms with Crippen molar-refractivity contribution in [2.24, 2.45) is 4.99 Å². The summed E-state index contributed by atoms with van der Waals surface area (Å²) in [6.45, 7) is 3.04. The Morgan fingerprint density at radius 1 is 1.25 bits per heavy atom. The number of benzene rings is 1. The van der Waals surface area contributed by atoms with Crippen LogP contribution in [-0.4, -0.2) is 44.1 Å². The molecule has 1 fully saturated rings. The Morgan fingerprint density at radius 2 is 1.88 bits per heavy atom. The minimum atomic E-state index is -0.530. The highest BCUT2D eigenvalue weighted by Crippen LogP contribution is 2.25. The largest absolute Gasteiger partial charge is 0.357 e. The zero-order valence-corrected chi connectivity index (χ0v) is 14.8. The van der Waals surface area contributed by atoms with Gasteiger partial charge in [-0.05, 0) is 46.0 Å². The summed E-state index contributed by atoms with van der Waals surface area (Å²) >= 11 is 0. The maximum Gasteiger partial charge on any atom is 0.191 e. The lowest BCUT2D eigenvalue weighted by Crippen LogP contribution is -2.42. The first-order chi connectivity index (χ1) is 11.5. The van der Waals surface area contributed by atoms with E-state index in [1.807, 2.05) is 21.0 Å². The Kier molecular flexibility index (Phi) is 6.97. The van der Waals surface area contributed by atoms with E-state index in [-0.39, 0.29) is 12.1 Å². The van der Waals surface area contributed by atoms with Gasteiger partial charge in [0.15, 0.2) is 5.96 Å². The van der Waals surface area contributed by atoms with Crippen LogP contribution in [0.5, 0.6) is 0 Å². The molecular formula is C18H28F2N4. The second-order valence-corrected chi connectivity index (χ2v) is 6.46. The number of halogens is 2. The summed E-state index contributed by atoms with van der Waals surface area (Å²) in [5.74, 6) is -0.344. The fraction of sp³-hybridized carbons (Fsp3) is 0.611. The van der Waals surface area contributed by atoms with E-state index in [1.54, 1.807) is 4.90 Å². The second-order valence-electron chi connectivity index (χ2n) is 6.46. The highest BCUT2D eigenvalue weighted by Gasteiger charge is 2.22. The fourth-order valence-corrected chi connectivity index (χ4v) is 3.10. The number of nitrogens with one attached hydrogen (secondary N) is 2. The molecule has 24 heavy (non-hydrogen) atoms. The first kappa shape index (κ1) is 18.6. The Morgan fingerprint density at radius 3 is 2.42 bits per heavy atom. The van der Waals surface area contributed by atoms with Crippen molar-refractivity contribution in [3.05, 3.63) is 35.4 Å². The summed E-state index contributed by atoms with van der Waals surface area (Å²) in [6, 6.07) is 3.95. The molecule has 1 aromatic carbocycles. The van der Waals surface area contributed by atoms with Gasteiger partial charge < -0.3 is 15.5 Å². The van der Waals surface area contributed by atoms with Gasteiger partial charge in [0.2, 0.25) is 0 Å². The molecule has 134 valence electrons. The third-order valence-electron chi connectivity index (χ3n) is 4.42. The van der Waals surface area contributed by atoms with Crippen molar-refractivity contribution in [3.63, 3.8) is 0 Å². The summed E-state index contributed by atoms with van der Waals surface area (Å²) in [5, 5.41) is 6.64. The predicted octanol–water partition coefficient (Wildman–Crippen LogP) is 3.07. The van der Waals surface area contributed by atoms with Crippen LogP contribution < -0.4 is 10.6 Å². The van der Waals surface area contributed by atoms with Crippen LogP contribution in [0, 0.1) is 11.6 Å². The fourth-order valence-electron chi connectivity index (χ4n) is 3.10. The maximum absolute atomic E-state index is 14.1. The molecule has 4 nitrogen and oxygen atoms in total. The summed E-state index contributed by atoms with van der Waals surface area (Å²) in [5.41, 5.74) is 0.0722. The van der Waals surface area contributed by atoms with E-state index >= 15 is 0 Å². The lowest BCUT2D eigenvalue weighted by molar-refractivity contribution is 0.290. The molecule has 1 saturated carbocycles. The molecular weight excluding hydrogens is 310 g/mol. The molecule has 2 rings (SSSR count). The van der Waals surface area contributed by atoms with Gasteiger partial charge in [-0.2, -0.15) is 0 Å². The van der Waals surface area contributed by atoms with Crippen LogP contribution in [0.2, 0.25) is 0 Å². The Bertz CT molecular complexity index is 534. The third-order valence-corrected chi connectivity index (χ3v) is 4.42. The van der Waals surface area contributed by atoms with Crippen molar-refractivity contribution in [1.29, 1.82) is 0 Å². The van der Waals surface area contributed by atoms with Crippen LogP contribution in [0.3, 0.4) is 0 Å². The first-order valence-electron chi connectivity index (χ1n) is 8.68. The van der Waals surface area contributed by atoms with Gasteiger partial charge >= 0.3 is 0 Å². The average Bonchev–Trinajstić information content (AvgIpc) is 3.02. The van der Waals surface area contributed by atoms with Crippen molar-refractivity contribution in [1.82, 2.24) is 15.5 Å². The predicted molar refractivity (Wildman–Crippen MR) is 94.2 cm³/mol. The van der Waals surface area contributed by atoms with Crippen LogP contribution in [-0.2, 0) is 0 Å². The molecule has 0 saturated heterocycles. The van der Waals surface area contributed by atoms with Crippen molar-refractivity contribution >= 4 is 5.96 Å². The molecule has 2 N–H and O–H groups in total. The van der Waals surface area contributed by atoms with E-state index in [9.17, 15) is 8.78 Å². The number of hydrogen-bond acceptors (Lipinski definition) is 2. The normalized spacial score (nSPS) is 17.3. The van der Waals surface area contributed by atoms with Gasteiger partial charge in [-0.1, -0.05) is 18.9 Å². The molecule has 0 aliphatic heterocycles. The van der Waals surface area contributed by atoms with Crippen molar-refractivity contribution in [3.8, 4) is 0 Å². The van der Waals surface area contributed by atoms with Crippen LogP contribution in [0.1, 0.15) is 44.2 Å². The molecule has 0 radical (unpaired) electrons. The van der Waals surface area contributed by atoms with Gasteiger partial charge in [-0.15, -0.1) is 0 Å².